The number of nitrogens with zero attached hydrogens (tertiary/aromatic N) is 1. The van der Waals surface area contributed by atoms with Crippen LogP contribution in [0.2, 0.25) is 0 Å². The van der Waals surface area contributed by atoms with Crippen LogP contribution in [0.5, 0.6) is 0 Å². The van der Waals surface area contributed by atoms with Crippen molar-refractivity contribution >= 4 is 12.0 Å². The predicted octanol–water partition coefficient (Wildman–Crippen LogP) is 1.54. The van der Waals surface area contributed by atoms with Crippen LogP contribution in [0.25, 0.3) is 0 Å². The van der Waals surface area contributed by atoms with Gasteiger partial charge in [0.05, 0.1) is 0 Å². The second-order valence-corrected chi connectivity index (χ2v) is 5.14. The molecule has 0 aromatic rings. The lowest BCUT2D eigenvalue weighted by atomic mass is 10.2. The maximum absolute atomic E-state index is 11.7. The molecule has 0 aromatic carbocycles. The highest BCUT2D eigenvalue weighted by atomic mass is 16.4. The summed E-state index contributed by atoms with van der Waals surface area (Å²) in [6.45, 7) is 4.80. The number of carboxylic acids is 1. The molecule has 0 saturated heterocycles. The number of carboxylic acid groups (broad SMARTS) is 1. The molecule has 3 atom stereocenters. The molecule has 1 fully saturated rings. The van der Waals surface area contributed by atoms with Crippen molar-refractivity contribution in [1.82, 2.24) is 10.2 Å². The number of hydrogen-bond donors (Lipinski definition) is 2. The first-order valence-corrected chi connectivity index (χ1v) is 6.13. The van der Waals surface area contributed by atoms with Gasteiger partial charge in [-0.2, -0.15) is 0 Å². The molecule has 0 radical (unpaired) electrons. The molecule has 2 N–H and O–H groups in total. The van der Waals surface area contributed by atoms with Crippen LogP contribution >= 0.6 is 0 Å². The highest BCUT2D eigenvalue weighted by Crippen LogP contribution is 2.37. The summed E-state index contributed by atoms with van der Waals surface area (Å²) in [6, 6.07) is -0.209. The topological polar surface area (TPSA) is 69.6 Å². The lowest BCUT2D eigenvalue weighted by molar-refractivity contribution is -0.137. The van der Waals surface area contributed by atoms with Gasteiger partial charge in [-0.05, 0) is 31.6 Å². The third kappa shape index (κ3) is 5.06. The number of aliphatic carboxylic acids is 1. The maximum Gasteiger partial charge on any atom is 0.317 e. The van der Waals surface area contributed by atoms with Crippen molar-refractivity contribution in [2.45, 2.75) is 39.2 Å². The molecule has 0 heterocycles. The summed E-state index contributed by atoms with van der Waals surface area (Å²) in [5.74, 6) is 0.543. The lowest BCUT2D eigenvalue weighted by Gasteiger charge is -2.21. The minimum Gasteiger partial charge on any atom is -0.481 e. The number of hydrogen-bond acceptors (Lipinski definition) is 2. The van der Waals surface area contributed by atoms with Gasteiger partial charge in [-0.1, -0.05) is 6.92 Å². The molecule has 0 aliphatic heterocycles. The summed E-state index contributed by atoms with van der Waals surface area (Å²) in [6.07, 6.45) is 1.76. The monoisotopic (exact) mass is 242 g/mol. The van der Waals surface area contributed by atoms with E-state index in [0.29, 0.717) is 12.3 Å². The van der Waals surface area contributed by atoms with E-state index in [9.17, 15) is 9.59 Å². The molecule has 1 aliphatic carbocycles. The molecule has 3 unspecified atom stereocenters. The fraction of sp³-hybridized carbons (Fsp3) is 0.833. The lowest BCUT2D eigenvalue weighted by Crippen LogP contribution is -2.42. The van der Waals surface area contributed by atoms with Gasteiger partial charge in [-0.3, -0.25) is 4.79 Å². The number of urea groups is 1. The van der Waals surface area contributed by atoms with Gasteiger partial charge < -0.3 is 15.3 Å². The summed E-state index contributed by atoms with van der Waals surface area (Å²) in [5, 5.41) is 11.3. The number of nitrogens with one attached hydrogen (secondary N) is 1. The average Bonchev–Trinajstić information content (AvgIpc) is 2.91. The van der Waals surface area contributed by atoms with Crippen LogP contribution in [0.1, 0.15) is 33.1 Å². The molecule has 0 bridgehead atoms. The van der Waals surface area contributed by atoms with E-state index in [0.717, 1.165) is 12.5 Å². The fourth-order valence-corrected chi connectivity index (χ4v) is 1.82. The maximum atomic E-state index is 11.7. The summed E-state index contributed by atoms with van der Waals surface area (Å²) >= 11 is 0. The zero-order valence-electron chi connectivity index (χ0n) is 10.8. The van der Waals surface area contributed by atoms with E-state index in [2.05, 4.69) is 12.2 Å². The minimum atomic E-state index is -0.828. The van der Waals surface area contributed by atoms with Crippen molar-refractivity contribution in [3.8, 4) is 0 Å². The highest BCUT2D eigenvalue weighted by Gasteiger charge is 2.34. The van der Waals surface area contributed by atoms with Crippen molar-refractivity contribution in [2.75, 3.05) is 13.6 Å². The number of amides is 2. The first-order chi connectivity index (χ1) is 7.90. The molecule has 17 heavy (non-hydrogen) atoms. The molecule has 1 saturated carbocycles. The highest BCUT2D eigenvalue weighted by molar-refractivity contribution is 5.74. The molecule has 5 heteroatoms. The summed E-state index contributed by atoms with van der Waals surface area (Å²) in [5.41, 5.74) is 0. The van der Waals surface area contributed by atoms with Gasteiger partial charge in [0.25, 0.3) is 0 Å². The van der Waals surface area contributed by atoms with Gasteiger partial charge in [0.2, 0.25) is 0 Å². The summed E-state index contributed by atoms with van der Waals surface area (Å²) in [4.78, 5) is 23.8. The summed E-state index contributed by atoms with van der Waals surface area (Å²) < 4.78 is 0. The Hall–Kier alpha value is -1.26. The van der Waals surface area contributed by atoms with Crippen LogP contribution < -0.4 is 5.32 Å². The Morgan fingerprint density at radius 2 is 2.12 bits per heavy atom. The zero-order chi connectivity index (χ0) is 13.0. The molecule has 1 aliphatic rings. The van der Waals surface area contributed by atoms with E-state index in [4.69, 9.17) is 5.11 Å². The number of carbonyl (C=O) groups is 2. The van der Waals surface area contributed by atoms with Gasteiger partial charge in [-0.15, -0.1) is 0 Å². The Morgan fingerprint density at radius 1 is 1.53 bits per heavy atom. The first kappa shape index (κ1) is 13.8. The van der Waals surface area contributed by atoms with E-state index in [-0.39, 0.29) is 18.5 Å². The van der Waals surface area contributed by atoms with Gasteiger partial charge in [0.1, 0.15) is 0 Å². The van der Waals surface area contributed by atoms with Crippen molar-refractivity contribution in [1.29, 1.82) is 0 Å². The normalized spacial score (nSPS) is 23.9. The Labute approximate surface area is 102 Å². The quantitative estimate of drug-likeness (QED) is 0.742. The van der Waals surface area contributed by atoms with Crippen LogP contribution in [-0.2, 0) is 4.79 Å². The average molecular weight is 242 g/mol. The molecule has 5 nitrogen and oxygen atoms in total. The second-order valence-electron chi connectivity index (χ2n) is 5.14. The molecule has 0 aromatic heterocycles. The third-order valence-electron chi connectivity index (χ3n) is 3.29. The molecular formula is C12H22N2O3. The largest absolute Gasteiger partial charge is 0.481 e. The Morgan fingerprint density at radius 3 is 2.59 bits per heavy atom. The second kappa shape index (κ2) is 5.89. The van der Waals surface area contributed by atoms with E-state index >= 15 is 0 Å². The van der Waals surface area contributed by atoms with Crippen LogP contribution in [-0.4, -0.2) is 41.6 Å². The van der Waals surface area contributed by atoms with Gasteiger partial charge in [0, 0.05) is 26.1 Å². The summed E-state index contributed by atoms with van der Waals surface area (Å²) in [7, 11) is 1.78. The Bertz CT molecular complexity index is 293. The smallest absolute Gasteiger partial charge is 0.317 e. The fourth-order valence-electron chi connectivity index (χ4n) is 1.82. The van der Waals surface area contributed by atoms with Gasteiger partial charge >= 0.3 is 12.0 Å². The number of carbonyl (C=O) groups excluding carboxylic acids is 1. The SMILES string of the molecule is CC(CCC(=O)O)NC(=O)N(C)CC1CC1C. The van der Waals surface area contributed by atoms with E-state index in [1.807, 2.05) is 6.92 Å². The van der Waals surface area contributed by atoms with Crippen molar-refractivity contribution in [3.05, 3.63) is 0 Å². The van der Waals surface area contributed by atoms with Crippen molar-refractivity contribution in [2.24, 2.45) is 11.8 Å². The zero-order valence-corrected chi connectivity index (χ0v) is 10.8. The first-order valence-electron chi connectivity index (χ1n) is 6.13. The predicted molar refractivity (Wildman–Crippen MR) is 64.8 cm³/mol. The van der Waals surface area contributed by atoms with Crippen LogP contribution in [0.15, 0.2) is 0 Å². The van der Waals surface area contributed by atoms with Crippen molar-refractivity contribution in [3.63, 3.8) is 0 Å². The number of rotatable bonds is 6. The molecule has 2 amide bonds. The standard InChI is InChI=1S/C12H22N2O3/c1-8-6-10(8)7-14(3)12(17)13-9(2)4-5-11(15)16/h8-10H,4-7H2,1-3H3,(H,13,17)(H,15,16). The molecule has 0 spiro atoms. The minimum absolute atomic E-state index is 0.0881. The Kier molecular flexibility index (Phi) is 4.78. The molecular weight excluding hydrogens is 220 g/mol. The van der Waals surface area contributed by atoms with Gasteiger partial charge in [0.15, 0.2) is 0 Å². The van der Waals surface area contributed by atoms with Crippen molar-refractivity contribution < 1.29 is 14.7 Å². The van der Waals surface area contributed by atoms with E-state index in [1.54, 1.807) is 11.9 Å². The third-order valence-corrected chi connectivity index (χ3v) is 3.29. The van der Waals surface area contributed by atoms with E-state index in [1.165, 1.54) is 6.42 Å². The van der Waals surface area contributed by atoms with Gasteiger partial charge in [-0.25, -0.2) is 4.79 Å². The van der Waals surface area contributed by atoms with E-state index < -0.39 is 5.97 Å². The van der Waals surface area contributed by atoms with Crippen LogP contribution in [0.4, 0.5) is 4.79 Å². The van der Waals surface area contributed by atoms with Crippen LogP contribution in [0, 0.1) is 11.8 Å². The Balaban J connectivity index is 2.20. The molecule has 1 rings (SSSR count). The van der Waals surface area contributed by atoms with Crippen LogP contribution in [0.3, 0.4) is 0 Å². The molecule has 98 valence electrons.